The van der Waals surface area contributed by atoms with E-state index in [2.05, 4.69) is 21.9 Å². The number of para-hydroxylation sites is 1. The van der Waals surface area contributed by atoms with Crippen molar-refractivity contribution in [2.24, 2.45) is 0 Å². The molecule has 1 fully saturated rings. The molecule has 0 bridgehead atoms. The molecular formula is C19H22N4O2S. The van der Waals surface area contributed by atoms with Crippen LogP contribution in [0.5, 0.6) is 0 Å². The molecule has 0 spiro atoms. The molecular weight excluding hydrogens is 348 g/mol. The van der Waals surface area contributed by atoms with Crippen molar-refractivity contribution in [1.82, 2.24) is 9.97 Å². The molecule has 0 saturated heterocycles. The van der Waals surface area contributed by atoms with Crippen LogP contribution >= 0.6 is 0 Å². The molecule has 1 aromatic heterocycles. The number of hydrogen-bond acceptors (Lipinski definition) is 5. The minimum Gasteiger partial charge on any atom is -0.351 e. The maximum Gasteiger partial charge on any atom is 0.268 e. The van der Waals surface area contributed by atoms with E-state index in [0.717, 1.165) is 18.4 Å². The van der Waals surface area contributed by atoms with Gasteiger partial charge in [-0.1, -0.05) is 43.5 Å². The minimum atomic E-state index is -3.70. The molecule has 1 saturated carbocycles. The second kappa shape index (κ2) is 6.72. The van der Waals surface area contributed by atoms with Crippen molar-refractivity contribution in [1.29, 1.82) is 0 Å². The van der Waals surface area contributed by atoms with Gasteiger partial charge in [0, 0.05) is 11.6 Å². The molecule has 7 heteroatoms. The van der Waals surface area contributed by atoms with Crippen LogP contribution in [0.4, 0.5) is 11.6 Å². The van der Waals surface area contributed by atoms with E-state index in [9.17, 15) is 8.42 Å². The van der Waals surface area contributed by atoms with E-state index in [1.54, 1.807) is 12.1 Å². The molecule has 4 rings (SSSR count). The predicted molar refractivity (Wildman–Crippen MR) is 103 cm³/mol. The second-order valence-corrected chi connectivity index (χ2v) is 8.56. The van der Waals surface area contributed by atoms with Crippen molar-refractivity contribution < 1.29 is 8.42 Å². The molecule has 2 heterocycles. The van der Waals surface area contributed by atoms with Crippen molar-refractivity contribution in [2.45, 2.75) is 43.0 Å². The fourth-order valence-corrected chi connectivity index (χ4v) is 5.25. The molecule has 1 aliphatic carbocycles. The molecule has 0 atom stereocenters. The first-order valence-electron chi connectivity index (χ1n) is 8.98. The van der Waals surface area contributed by atoms with Crippen LogP contribution in [0.3, 0.4) is 0 Å². The average molecular weight is 370 g/mol. The smallest absolute Gasteiger partial charge is 0.268 e. The molecule has 1 aliphatic heterocycles. The summed E-state index contributed by atoms with van der Waals surface area (Å²) >= 11 is 0. The first-order valence-corrected chi connectivity index (χ1v) is 10.4. The van der Waals surface area contributed by atoms with E-state index in [4.69, 9.17) is 0 Å². The summed E-state index contributed by atoms with van der Waals surface area (Å²) in [5, 5.41) is 3.38. The Morgan fingerprint density at radius 2 is 2.00 bits per heavy atom. The van der Waals surface area contributed by atoms with Crippen molar-refractivity contribution in [3.63, 3.8) is 0 Å². The Hall–Kier alpha value is -2.41. The number of fused-ring (bicyclic) bond motifs is 3. The zero-order valence-electron chi connectivity index (χ0n) is 14.6. The lowest BCUT2D eigenvalue weighted by Crippen LogP contribution is -2.35. The Kier molecular flexibility index (Phi) is 4.40. The quantitative estimate of drug-likeness (QED) is 0.833. The largest absolute Gasteiger partial charge is 0.351 e. The monoisotopic (exact) mass is 370 g/mol. The van der Waals surface area contributed by atoms with Gasteiger partial charge in [-0.05, 0) is 18.9 Å². The number of rotatable bonds is 4. The fourth-order valence-electron chi connectivity index (χ4n) is 3.70. The van der Waals surface area contributed by atoms with E-state index >= 15 is 0 Å². The summed E-state index contributed by atoms with van der Waals surface area (Å²) in [4.78, 5) is 9.03. The van der Waals surface area contributed by atoms with Crippen LogP contribution < -0.4 is 9.62 Å². The lowest BCUT2D eigenvalue weighted by molar-refractivity contribution is 0.461. The maximum absolute atomic E-state index is 13.0. The normalized spacial score (nSPS) is 18.7. The van der Waals surface area contributed by atoms with E-state index in [1.807, 2.05) is 18.2 Å². The Balaban J connectivity index is 1.78. The van der Waals surface area contributed by atoms with Crippen molar-refractivity contribution in [3.8, 4) is 11.3 Å². The molecule has 2 aromatic rings. The number of nitrogens with zero attached hydrogens (tertiary/aromatic N) is 3. The third kappa shape index (κ3) is 2.86. The van der Waals surface area contributed by atoms with Gasteiger partial charge in [0.05, 0.1) is 24.1 Å². The van der Waals surface area contributed by atoms with Crippen LogP contribution in [0, 0.1) is 0 Å². The van der Waals surface area contributed by atoms with E-state index in [0.29, 0.717) is 23.4 Å². The molecule has 0 radical (unpaired) electrons. The van der Waals surface area contributed by atoms with Gasteiger partial charge in [0.25, 0.3) is 10.0 Å². The number of hydrogen-bond donors (Lipinski definition) is 1. The molecule has 2 aliphatic rings. The fraction of sp³-hybridized carbons (Fsp3) is 0.368. The van der Waals surface area contributed by atoms with Crippen LogP contribution in [-0.2, 0) is 10.0 Å². The molecule has 1 N–H and O–H groups in total. The van der Waals surface area contributed by atoms with Gasteiger partial charge in [0.2, 0.25) is 5.95 Å². The average Bonchev–Trinajstić information content (AvgIpc) is 2.66. The molecule has 136 valence electrons. The van der Waals surface area contributed by atoms with Gasteiger partial charge in [-0.3, -0.25) is 4.31 Å². The third-order valence-corrected chi connectivity index (χ3v) is 6.77. The van der Waals surface area contributed by atoms with Crippen molar-refractivity contribution >= 4 is 21.7 Å². The van der Waals surface area contributed by atoms with E-state index < -0.39 is 10.0 Å². The van der Waals surface area contributed by atoms with E-state index in [1.165, 1.54) is 29.8 Å². The summed E-state index contributed by atoms with van der Waals surface area (Å²) < 4.78 is 27.4. The SMILES string of the molecule is C=CCN1c2ccccc2-c2nc(NC3CCCCC3)ncc2S1(=O)=O. The Morgan fingerprint density at radius 3 is 2.77 bits per heavy atom. The number of sulfonamides is 1. The summed E-state index contributed by atoms with van der Waals surface area (Å²) in [5.41, 5.74) is 1.89. The van der Waals surface area contributed by atoms with Crippen molar-refractivity contribution in [2.75, 3.05) is 16.2 Å². The highest BCUT2D eigenvalue weighted by Crippen LogP contribution is 2.41. The lowest BCUT2D eigenvalue weighted by Gasteiger charge is -2.31. The summed E-state index contributed by atoms with van der Waals surface area (Å²) in [6.45, 7) is 3.89. The molecule has 1 aromatic carbocycles. The Labute approximate surface area is 154 Å². The predicted octanol–water partition coefficient (Wildman–Crippen LogP) is 3.58. The van der Waals surface area contributed by atoms with Gasteiger partial charge in [-0.2, -0.15) is 0 Å². The minimum absolute atomic E-state index is 0.146. The van der Waals surface area contributed by atoms with Gasteiger partial charge in [-0.15, -0.1) is 6.58 Å². The van der Waals surface area contributed by atoms with Gasteiger partial charge >= 0.3 is 0 Å². The van der Waals surface area contributed by atoms with Crippen LogP contribution in [0.25, 0.3) is 11.3 Å². The first-order chi connectivity index (χ1) is 12.6. The Morgan fingerprint density at radius 1 is 1.23 bits per heavy atom. The molecule has 26 heavy (non-hydrogen) atoms. The van der Waals surface area contributed by atoms with Gasteiger partial charge in [0.15, 0.2) is 0 Å². The zero-order valence-corrected chi connectivity index (χ0v) is 15.4. The zero-order chi connectivity index (χ0) is 18.1. The summed E-state index contributed by atoms with van der Waals surface area (Å²) in [6.07, 6.45) is 8.89. The summed E-state index contributed by atoms with van der Waals surface area (Å²) in [5.74, 6) is 0.498. The number of nitrogens with one attached hydrogen (secondary N) is 1. The lowest BCUT2D eigenvalue weighted by atomic mass is 9.96. The van der Waals surface area contributed by atoms with Gasteiger partial charge in [-0.25, -0.2) is 18.4 Å². The maximum atomic E-state index is 13.0. The highest BCUT2D eigenvalue weighted by molar-refractivity contribution is 7.93. The van der Waals surface area contributed by atoms with Gasteiger partial charge < -0.3 is 5.32 Å². The molecule has 0 amide bonds. The van der Waals surface area contributed by atoms with Crippen LogP contribution in [0.15, 0.2) is 48.0 Å². The topological polar surface area (TPSA) is 75.2 Å². The van der Waals surface area contributed by atoms with Crippen LogP contribution in [0.2, 0.25) is 0 Å². The first kappa shape index (κ1) is 17.0. The summed E-state index contributed by atoms with van der Waals surface area (Å²) in [7, 11) is -3.70. The van der Waals surface area contributed by atoms with Crippen LogP contribution in [0.1, 0.15) is 32.1 Å². The number of aromatic nitrogens is 2. The van der Waals surface area contributed by atoms with Crippen molar-refractivity contribution in [3.05, 3.63) is 43.1 Å². The molecule has 0 unspecified atom stereocenters. The highest BCUT2D eigenvalue weighted by Gasteiger charge is 2.35. The number of benzene rings is 1. The second-order valence-electron chi connectivity index (χ2n) is 6.73. The Bertz CT molecular complexity index is 936. The number of anilines is 2. The standard InChI is InChI=1S/C19H22N4O2S/c1-2-12-23-16-11-7-6-10-15(16)18-17(26(23,24)25)13-20-19(22-18)21-14-8-4-3-5-9-14/h2,6-7,10-11,13-14H,1,3-5,8-9,12H2,(H,20,21,22). The molecule has 6 nitrogen and oxygen atoms in total. The van der Waals surface area contributed by atoms with Crippen LogP contribution in [-0.4, -0.2) is 31.0 Å². The highest BCUT2D eigenvalue weighted by atomic mass is 32.2. The summed E-state index contributed by atoms with van der Waals surface area (Å²) in [6, 6.07) is 7.78. The van der Waals surface area contributed by atoms with Gasteiger partial charge in [0.1, 0.15) is 4.90 Å². The van der Waals surface area contributed by atoms with E-state index in [-0.39, 0.29) is 11.4 Å². The third-order valence-electron chi connectivity index (χ3n) is 4.98.